The highest BCUT2D eigenvalue weighted by Gasteiger charge is 2.25. The molecule has 0 spiro atoms. The second-order valence-electron chi connectivity index (χ2n) is 3.67. The van der Waals surface area contributed by atoms with Crippen molar-refractivity contribution in [2.24, 2.45) is 5.73 Å². The molecule has 1 aromatic carbocycles. The Hall–Kier alpha value is -1.42. The number of nitrogens with two attached hydrogens (primary N) is 1. The maximum Gasteiger partial charge on any atom is 0.234 e. The summed E-state index contributed by atoms with van der Waals surface area (Å²) in [5.74, 6) is -0.380. The third-order valence-electron chi connectivity index (χ3n) is 2.73. The standard InChI is InChI=1S/C11H13FN2O/c12-9-3-1-2-8-7(9)4-5-10(8)14-11(15)6-13/h1-3,10H,4-6,13H2,(H,14,15). The van der Waals surface area contributed by atoms with Crippen LogP contribution in [0.25, 0.3) is 0 Å². The lowest BCUT2D eigenvalue weighted by Crippen LogP contribution is -2.32. The van der Waals surface area contributed by atoms with Crippen molar-refractivity contribution in [1.82, 2.24) is 5.32 Å². The molecule has 1 amide bonds. The van der Waals surface area contributed by atoms with E-state index in [1.54, 1.807) is 6.07 Å². The van der Waals surface area contributed by atoms with Crippen LogP contribution in [0.4, 0.5) is 4.39 Å². The quantitative estimate of drug-likeness (QED) is 0.758. The van der Waals surface area contributed by atoms with E-state index < -0.39 is 0 Å². The van der Waals surface area contributed by atoms with Crippen LogP contribution >= 0.6 is 0 Å². The summed E-state index contributed by atoms with van der Waals surface area (Å²) in [6.07, 6.45) is 1.43. The first kappa shape index (κ1) is 10.1. The van der Waals surface area contributed by atoms with Gasteiger partial charge in [0.15, 0.2) is 0 Å². The Kier molecular flexibility index (Phi) is 2.68. The largest absolute Gasteiger partial charge is 0.348 e. The van der Waals surface area contributed by atoms with E-state index in [1.807, 2.05) is 6.07 Å². The van der Waals surface area contributed by atoms with E-state index in [0.717, 1.165) is 17.5 Å². The first-order valence-corrected chi connectivity index (χ1v) is 4.99. The molecule has 0 aliphatic heterocycles. The molecular weight excluding hydrogens is 195 g/mol. The molecule has 0 aromatic heterocycles. The number of carbonyl (C=O) groups is 1. The summed E-state index contributed by atoms with van der Waals surface area (Å²) in [5, 5.41) is 2.78. The Morgan fingerprint density at radius 1 is 1.60 bits per heavy atom. The van der Waals surface area contributed by atoms with Crippen LogP contribution in [0.5, 0.6) is 0 Å². The molecule has 0 fully saturated rings. The fraction of sp³-hybridized carbons (Fsp3) is 0.364. The molecule has 15 heavy (non-hydrogen) atoms. The third kappa shape index (κ3) is 1.85. The molecule has 1 atom stereocenters. The molecular formula is C11H13FN2O. The SMILES string of the molecule is NCC(=O)NC1CCc2c(F)cccc21. The van der Waals surface area contributed by atoms with Gasteiger partial charge in [0.1, 0.15) is 5.82 Å². The number of nitrogens with one attached hydrogen (secondary N) is 1. The van der Waals surface area contributed by atoms with Gasteiger partial charge < -0.3 is 11.1 Å². The molecule has 1 aromatic rings. The highest BCUT2D eigenvalue weighted by molar-refractivity contribution is 5.78. The molecule has 3 nitrogen and oxygen atoms in total. The third-order valence-corrected chi connectivity index (χ3v) is 2.73. The highest BCUT2D eigenvalue weighted by atomic mass is 19.1. The smallest absolute Gasteiger partial charge is 0.234 e. The van der Waals surface area contributed by atoms with E-state index in [2.05, 4.69) is 5.32 Å². The van der Waals surface area contributed by atoms with Crippen molar-refractivity contribution in [1.29, 1.82) is 0 Å². The predicted molar refractivity (Wildman–Crippen MR) is 54.7 cm³/mol. The number of carbonyl (C=O) groups excluding carboxylic acids is 1. The molecule has 0 heterocycles. The summed E-state index contributed by atoms with van der Waals surface area (Å²) in [6.45, 7) is -0.0266. The summed E-state index contributed by atoms with van der Waals surface area (Å²) >= 11 is 0. The van der Waals surface area contributed by atoms with E-state index in [0.29, 0.717) is 6.42 Å². The van der Waals surface area contributed by atoms with Gasteiger partial charge in [-0.25, -0.2) is 4.39 Å². The minimum absolute atomic E-state index is 0.0266. The van der Waals surface area contributed by atoms with E-state index in [4.69, 9.17) is 5.73 Å². The summed E-state index contributed by atoms with van der Waals surface area (Å²) in [4.78, 5) is 11.1. The van der Waals surface area contributed by atoms with Gasteiger partial charge in [0, 0.05) is 0 Å². The van der Waals surface area contributed by atoms with Crippen molar-refractivity contribution in [3.05, 3.63) is 35.1 Å². The van der Waals surface area contributed by atoms with Crippen LogP contribution < -0.4 is 11.1 Å². The van der Waals surface area contributed by atoms with Gasteiger partial charge in [0.2, 0.25) is 5.91 Å². The van der Waals surface area contributed by atoms with Crippen molar-refractivity contribution in [3.63, 3.8) is 0 Å². The fourth-order valence-corrected chi connectivity index (χ4v) is 2.01. The second kappa shape index (κ2) is 3.98. The number of benzene rings is 1. The Morgan fingerprint density at radius 2 is 2.40 bits per heavy atom. The van der Waals surface area contributed by atoms with Crippen LogP contribution in [-0.4, -0.2) is 12.5 Å². The Morgan fingerprint density at radius 3 is 3.13 bits per heavy atom. The topological polar surface area (TPSA) is 55.1 Å². The van der Waals surface area contributed by atoms with Crippen molar-refractivity contribution in [3.8, 4) is 0 Å². The van der Waals surface area contributed by atoms with Gasteiger partial charge in [-0.05, 0) is 30.0 Å². The summed E-state index contributed by atoms with van der Waals surface area (Å²) in [7, 11) is 0. The second-order valence-corrected chi connectivity index (χ2v) is 3.67. The highest BCUT2D eigenvalue weighted by Crippen LogP contribution is 2.32. The lowest BCUT2D eigenvalue weighted by Gasteiger charge is -2.13. The molecule has 80 valence electrons. The summed E-state index contributed by atoms with van der Waals surface area (Å²) in [6, 6.07) is 4.90. The molecule has 1 aliphatic carbocycles. The van der Waals surface area contributed by atoms with E-state index in [1.165, 1.54) is 6.07 Å². The van der Waals surface area contributed by atoms with Crippen LogP contribution in [0.2, 0.25) is 0 Å². The number of hydrogen-bond acceptors (Lipinski definition) is 2. The fourth-order valence-electron chi connectivity index (χ4n) is 2.01. The van der Waals surface area contributed by atoms with Crippen LogP contribution in [0, 0.1) is 5.82 Å². The lowest BCUT2D eigenvalue weighted by atomic mass is 10.1. The summed E-state index contributed by atoms with van der Waals surface area (Å²) < 4.78 is 13.3. The Bertz CT molecular complexity index is 392. The maximum atomic E-state index is 13.3. The van der Waals surface area contributed by atoms with Crippen molar-refractivity contribution in [2.45, 2.75) is 18.9 Å². The number of rotatable bonds is 2. The first-order valence-electron chi connectivity index (χ1n) is 4.99. The maximum absolute atomic E-state index is 13.3. The van der Waals surface area contributed by atoms with Crippen molar-refractivity contribution < 1.29 is 9.18 Å². The minimum Gasteiger partial charge on any atom is -0.348 e. The van der Waals surface area contributed by atoms with E-state index >= 15 is 0 Å². The first-order chi connectivity index (χ1) is 7.22. The zero-order valence-corrected chi connectivity index (χ0v) is 8.29. The van der Waals surface area contributed by atoms with Gasteiger partial charge in [-0.3, -0.25) is 4.79 Å². The monoisotopic (exact) mass is 208 g/mol. The molecule has 0 radical (unpaired) electrons. The molecule has 4 heteroatoms. The average molecular weight is 208 g/mol. The van der Waals surface area contributed by atoms with Gasteiger partial charge in [0.05, 0.1) is 12.6 Å². The zero-order chi connectivity index (χ0) is 10.8. The zero-order valence-electron chi connectivity index (χ0n) is 8.29. The van der Waals surface area contributed by atoms with Crippen LogP contribution in [-0.2, 0) is 11.2 Å². The van der Waals surface area contributed by atoms with Gasteiger partial charge in [-0.1, -0.05) is 12.1 Å². The van der Waals surface area contributed by atoms with Crippen LogP contribution in [0.1, 0.15) is 23.6 Å². The molecule has 0 saturated heterocycles. The number of amides is 1. The normalized spacial score (nSPS) is 18.7. The Labute approximate surface area is 87.5 Å². The van der Waals surface area contributed by atoms with Gasteiger partial charge in [-0.2, -0.15) is 0 Å². The molecule has 0 bridgehead atoms. The van der Waals surface area contributed by atoms with Crippen molar-refractivity contribution >= 4 is 5.91 Å². The lowest BCUT2D eigenvalue weighted by molar-refractivity contribution is -0.120. The predicted octanol–water partition coefficient (Wildman–Crippen LogP) is 0.888. The molecule has 0 saturated carbocycles. The van der Waals surface area contributed by atoms with Crippen molar-refractivity contribution in [2.75, 3.05) is 6.54 Å². The minimum atomic E-state index is -0.197. The number of hydrogen-bond donors (Lipinski definition) is 2. The van der Waals surface area contributed by atoms with Gasteiger partial charge in [0.25, 0.3) is 0 Å². The molecule has 1 unspecified atom stereocenters. The van der Waals surface area contributed by atoms with Crippen LogP contribution in [0.3, 0.4) is 0 Å². The van der Waals surface area contributed by atoms with E-state index in [9.17, 15) is 9.18 Å². The van der Waals surface area contributed by atoms with Gasteiger partial charge >= 0.3 is 0 Å². The summed E-state index contributed by atoms with van der Waals surface area (Å²) in [5.41, 5.74) is 6.82. The number of halogens is 1. The van der Waals surface area contributed by atoms with Gasteiger partial charge in [-0.15, -0.1) is 0 Å². The number of fused-ring (bicyclic) bond motifs is 1. The average Bonchev–Trinajstić information content (AvgIpc) is 2.63. The Balaban J connectivity index is 2.21. The van der Waals surface area contributed by atoms with E-state index in [-0.39, 0.29) is 24.3 Å². The molecule has 3 N–H and O–H groups in total. The van der Waals surface area contributed by atoms with Crippen LogP contribution in [0.15, 0.2) is 18.2 Å². The molecule has 1 aliphatic rings. The molecule has 2 rings (SSSR count).